The highest BCUT2D eigenvalue weighted by Crippen LogP contribution is 2.30. The quantitative estimate of drug-likeness (QED) is 0.816. The van der Waals surface area contributed by atoms with Gasteiger partial charge in [0.05, 0.1) is 18.7 Å². The molecule has 112 valence electrons. The Morgan fingerprint density at radius 1 is 1.55 bits per heavy atom. The largest absolute Gasteiger partial charge is 0.466 e. The van der Waals surface area contributed by atoms with Crippen LogP contribution in [0.25, 0.3) is 0 Å². The molecule has 0 radical (unpaired) electrons. The van der Waals surface area contributed by atoms with Crippen molar-refractivity contribution in [1.82, 2.24) is 4.98 Å². The molecule has 2 rings (SSSR count). The molecular weight excluding hydrogens is 292 g/mol. The van der Waals surface area contributed by atoms with Crippen LogP contribution in [0, 0.1) is 0 Å². The number of esters is 1. The molecule has 0 amide bonds. The van der Waals surface area contributed by atoms with E-state index in [0.717, 1.165) is 10.8 Å². The molecule has 1 aliphatic rings. The maximum absolute atomic E-state index is 11.4. The molecule has 0 aliphatic heterocycles. The lowest BCUT2D eigenvalue weighted by Gasteiger charge is -2.30. The molecule has 1 aromatic rings. The number of hydrogen-bond acceptors (Lipinski definition) is 6. The molecule has 6 heteroatoms. The van der Waals surface area contributed by atoms with Gasteiger partial charge in [-0.25, -0.2) is 4.98 Å². The van der Waals surface area contributed by atoms with E-state index in [0.29, 0.717) is 17.9 Å². The Bertz CT molecular complexity index is 437. The van der Waals surface area contributed by atoms with Crippen molar-refractivity contribution in [2.24, 2.45) is 0 Å². The van der Waals surface area contributed by atoms with Gasteiger partial charge in [0.2, 0.25) is 0 Å². The number of thioether (sulfide) groups is 1. The number of nitrogens with zero attached hydrogens (tertiary/aromatic N) is 1. The maximum atomic E-state index is 11.4. The van der Waals surface area contributed by atoms with E-state index in [2.05, 4.69) is 16.6 Å². The van der Waals surface area contributed by atoms with Crippen LogP contribution in [0.3, 0.4) is 0 Å². The second-order valence-corrected chi connectivity index (χ2v) is 6.87. The van der Waals surface area contributed by atoms with Gasteiger partial charge in [0.25, 0.3) is 0 Å². The minimum absolute atomic E-state index is 0.205. The summed E-state index contributed by atoms with van der Waals surface area (Å²) in [5, 5.41) is 7.08. The van der Waals surface area contributed by atoms with Crippen molar-refractivity contribution in [3.63, 3.8) is 0 Å². The molecule has 20 heavy (non-hydrogen) atoms. The number of aromatic nitrogens is 1. The summed E-state index contributed by atoms with van der Waals surface area (Å²) in [4.78, 5) is 15.9. The van der Waals surface area contributed by atoms with Crippen molar-refractivity contribution in [2.45, 2.75) is 50.3 Å². The highest BCUT2D eigenvalue weighted by atomic mass is 32.2. The van der Waals surface area contributed by atoms with E-state index < -0.39 is 0 Å². The first-order valence-electron chi connectivity index (χ1n) is 7.12. The van der Waals surface area contributed by atoms with Gasteiger partial charge in [-0.05, 0) is 26.0 Å². The van der Waals surface area contributed by atoms with Crippen LogP contribution >= 0.6 is 23.1 Å². The Labute approximate surface area is 128 Å². The zero-order valence-electron chi connectivity index (χ0n) is 12.1. The van der Waals surface area contributed by atoms with E-state index in [1.807, 2.05) is 24.1 Å². The van der Waals surface area contributed by atoms with Crippen molar-refractivity contribution < 1.29 is 9.53 Å². The fourth-order valence-corrected chi connectivity index (χ4v) is 4.23. The summed E-state index contributed by atoms with van der Waals surface area (Å²) in [7, 11) is 0. The third-order valence-corrected chi connectivity index (χ3v) is 5.49. The molecule has 4 nitrogen and oxygen atoms in total. The van der Waals surface area contributed by atoms with Crippen LogP contribution in [0.4, 0.5) is 5.13 Å². The van der Waals surface area contributed by atoms with E-state index in [1.165, 1.54) is 25.7 Å². The summed E-state index contributed by atoms with van der Waals surface area (Å²) >= 11 is 3.51. The number of thiazole rings is 1. The summed E-state index contributed by atoms with van der Waals surface area (Å²) < 4.78 is 4.94. The number of ether oxygens (including phenoxy) is 1. The van der Waals surface area contributed by atoms with Gasteiger partial charge in [0.15, 0.2) is 5.13 Å². The SMILES string of the molecule is CCOC(=O)Cc1csc(NC2CCCCC2SC)n1. The predicted octanol–water partition coefficient (Wildman–Crippen LogP) is 3.33. The minimum atomic E-state index is -0.205. The molecule has 2 unspecified atom stereocenters. The summed E-state index contributed by atoms with van der Waals surface area (Å²) in [5.41, 5.74) is 0.799. The Kier molecular flexibility index (Phi) is 6.16. The standard InChI is InChI=1S/C14H22N2O2S2/c1-3-18-13(17)8-10-9-20-14(15-10)16-11-6-4-5-7-12(11)19-2/h9,11-12H,3-8H2,1-2H3,(H,15,16). The van der Waals surface area contributed by atoms with Gasteiger partial charge in [-0.2, -0.15) is 11.8 Å². The monoisotopic (exact) mass is 314 g/mol. The molecule has 2 atom stereocenters. The molecule has 1 aliphatic carbocycles. The number of anilines is 1. The fraction of sp³-hybridized carbons (Fsp3) is 0.714. The molecule has 0 spiro atoms. The fourth-order valence-electron chi connectivity index (χ4n) is 2.52. The minimum Gasteiger partial charge on any atom is -0.466 e. The summed E-state index contributed by atoms with van der Waals surface area (Å²) in [6.45, 7) is 2.24. The number of carbonyl (C=O) groups excluding carboxylic acids is 1. The lowest BCUT2D eigenvalue weighted by molar-refractivity contribution is -0.142. The molecular formula is C14H22N2O2S2. The highest BCUT2D eigenvalue weighted by molar-refractivity contribution is 7.99. The first-order valence-corrected chi connectivity index (χ1v) is 9.29. The van der Waals surface area contributed by atoms with Crippen molar-refractivity contribution in [1.29, 1.82) is 0 Å². The first-order chi connectivity index (χ1) is 9.72. The lowest BCUT2D eigenvalue weighted by atomic mass is 9.95. The van der Waals surface area contributed by atoms with Gasteiger partial charge in [0.1, 0.15) is 0 Å². The predicted molar refractivity (Wildman–Crippen MR) is 85.6 cm³/mol. The van der Waals surface area contributed by atoms with E-state index >= 15 is 0 Å². The Hall–Kier alpha value is -0.750. The second kappa shape index (κ2) is 7.88. The smallest absolute Gasteiger partial charge is 0.311 e. The molecule has 1 aromatic heterocycles. The number of carbonyl (C=O) groups is 1. The first kappa shape index (κ1) is 15.6. The van der Waals surface area contributed by atoms with Gasteiger partial charge >= 0.3 is 5.97 Å². The molecule has 1 heterocycles. The van der Waals surface area contributed by atoms with Crippen LogP contribution in [-0.2, 0) is 16.0 Å². The molecule has 1 fully saturated rings. The molecule has 0 saturated heterocycles. The van der Waals surface area contributed by atoms with Gasteiger partial charge in [-0.15, -0.1) is 11.3 Å². The Morgan fingerprint density at radius 2 is 2.35 bits per heavy atom. The van der Waals surface area contributed by atoms with E-state index in [4.69, 9.17) is 4.74 Å². The van der Waals surface area contributed by atoms with Crippen molar-refractivity contribution >= 4 is 34.2 Å². The van der Waals surface area contributed by atoms with Gasteiger partial charge in [-0.1, -0.05) is 12.8 Å². The Balaban J connectivity index is 1.90. The molecule has 1 saturated carbocycles. The number of nitrogens with one attached hydrogen (secondary N) is 1. The third-order valence-electron chi connectivity index (χ3n) is 3.50. The topological polar surface area (TPSA) is 51.2 Å². The Morgan fingerprint density at radius 3 is 3.10 bits per heavy atom. The zero-order valence-corrected chi connectivity index (χ0v) is 13.7. The van der Waals surface area contributed by atoms with Crippen LogP contribution in [0.1, 0.15) is 38.3 Å². The lowest BCUT2D eigenvalue weighted by Crippen LogP contribution is -2.34. The zero-order chi connectivity index (χ0) is 14.4. The molecule has 0 aromatic carbocycles. The second-order valence-electron chi connectivity index (χ2n) is 4.94. The highest BCUT2D eigenvalue weighted by Gasteiger charge is 2.24. The average Bonchev–Trinajstić information content (AvgIpc) is 2.87. The van der Waals surface area contributed by atoms with Crippen LogP contribution in [-0.4, -0.2) is 35.1 Å². The molecule has 0 bridgehead atoms. The van der Waals surface area contributed by atoms with Crippen LogP contribution < -0.4 is 5.32 Å². The summed E-state index contributed by atoms with van der Waals surface area (Å²) in [6.07, 6.45) is 7.55. The summed E-state index contributed by atoms with van der Waals surface area (Å²) in [6, 6.07) is 0.500. The van der Waals surface area contributed by atoms with Crippen molar-refractivity contribution in [3.05, 3.63) is 11.1 Å². The number of rotatable bonds is 6. The van der Waals surface area contributed by atoms with Gasteiger partial charge < -0.3 is 10.1 Å². The van der Waals surface area contributed by atoms with Crippen LogP contribution in [0.2, 0.25) is 0 Å². The van der Waals surface area contributed by atoms with Crippen molar-refractivity contribution in [2.75, 3.05) is 18.2 Å². The van der Waals surface area contributed by atoms with E-state index in [-0.39, 0.29) is 12.4 Å². The van der Waals surface area contributed by atoms with E-state index in [9.17, 15) is 4.79 Å². The average molecular weight is 314 g/mol. The van der Waals surface area contributed by atoms with E-state index in [1.54, 1.807) is 11.3 Å². The van der Waals surface area contributed by atoms with Crippen LogP contribution in [0.15, 0.2) is 5.38 Å². The van der Waals surface area contributed by atoms with Crippen molar-refractivity contribution in [3.8, 4) is 0 Å². The van der Waals surface area contributed by atoms with Gasteiger partial charge in [0, 0.05) is 16.7 Å². The van der Waals surface area contributed by atoms with Crippen LogP contribution in [0.5, 0.6) is 0 Å². The summed E-state index contributed by atoms with van der Waals surface area (Å²) in [5.74, 6) is -0.205. The van der Waals surface area contributed by atoms with Gasteiger partial charge in [-0.3, -0.25) is 4.79 Å². The maximum Gasteiger partial charge on any atom is 0.311 e. The normalized spacial score (nSPS) is 22.5. The third kappa shape index (κ3) is 4.38. The molecule has 1 N–H and O–H groups in total. The number of hydrogen-bond donors (Lipinski definition) is 1.